The van der Waals surface area contributed by atoms with Gasteiger partial charge in [0.05, 0.1) is 6.61 Å². The summed E-state index contributed by atoms with van der Waals surface area (Å²) < 4.78 is 4.91. The first kappa shape index (κ1) is 18.3. The normalized spacial score (nSPS) is 14.8. The molecule has 1 fully saturated rings. The predicted molar refractivity (Wildman–Crippen MR) is 95.2 cm³/mol. The zero-order valence-corrected chi connectivity index (χ0v) is 14.7. The summed E-state index contributed by atoms with van der Waals surface area (Å²) in [6, 6.07) is 7.73. The van der Waals surface area contributed by atoms with E-state index in [1.54, 1.807) is 7.11 Å². The van der Waals surface area contributed by atoms with Gasteiger partial charge >= 0.3 is 0 Å². The molecule has 0 unspecified atom stereocenters. The second-order valence-corrected chi connectivity index (χ2v) is 6.00. The van der Waals surface area contributed by atoms with E-state index in [0.29, 0.717) is 31.7 Å². The van der Waals surface area contributed by atoms with Gasteiger partial charge in [0, 0.05) is 38.1 Å². The molecule has 6 heteroatoms. The number of rotatable bonds is 9. The maximum Gasteiger partial charge on any atom is 0.240 e. The van der Waals surface area contributed by atoms with Crippen LogP contribution in [0.15, 0.2) is 24.3 Å². The molecule has 0 saturated heterocycles. The first-order valence-electron chi connectivity index (χ1n) is 8.51. The Morgan fingerprint density at radius 2 is 1.75 bits per heavy atom. The van der Waals surface area contributed by atoms with E-state index in [1.165, 1.54) is 0 Å². The topological polar surface area (TPSA) is 70.7 Å². The van der Waals surface area contributed by atoms with E-state index in [9.17, 15) is 9.59 Å². The number of ether oxygens (including phenoxy) is 1. The Kier molecular flexibility index (Phi) is 6.20. The Labute approximate surface area is 143 Å². The number of hydrogen-bond donors (Lipinski definition) is 2. The summed E-state index contributed by atoms with van der Waals surface area (Å²) in [4.78, 5) is 26.9. The molecule has 2 N–H and O–H groups in total. The van der Waals surface area contributed by atoms with Crippen LogP contribution in [0.4, 0.5) is 11.4 Å². The van der Waals surface area contributed by atoms with Gasteiger partial charge in [0.15, 0.2) is 0 Å². The molecule has 132 valence electrons. The van der Waals surface area contributed by atoms with Gasteiger partial charge in [0.2, 0.25) is 11.8 Å². The number of carbonyl (C=O) groups excluding carboxylic acids is 2. The molecule has 1 aliphatic carbocycles. The summed E-state index contributed by atoms with van der Waals surface area (Å²) in [5.74, 6) is -0.440. The zero-order chi connectivity index (χ0) is 17.6. The first-order valence-corrected chi connectivity index (χ1v) is 8.51. The highest BCUT2D eigenvalue weighted by Gasteiger charge is 2.56. The van der Waals surface area contributed by atoms with Gasteiger partial charge in [0.1, 0.15) is 5.41 Å². The van der Waals surface area contributed by atoms with Gasteiger partial charge < -0.3 is 20.3 Å². The van der Waals surface area contributed by atoms with E-state index in [1.807, 2.05) is 24.3 Å². The lowest BCUT2D eigenvalue weighted by Crippen LogP contribution is -2.41. The van der Waals surface area contributed by atoms with Crippen molar-refractivity contribution in [1.82, 2.24) is 5.32 Å². The molecule has 0 radical (unpaired) electrons. The number of carbonyl (C=O) groups is 2. The lowest BCUT2D eigenvalue weighted by atomic mass is 10.1. The largest absolute Gasteiger partial charge is 0.383 e. The van der Waals surface area contributed by atoms with Crippen molar-refractivity contribution in [1.29, 1.82) is 0 Å². The number of amides is 2. The highest BCUT2D eigenvalue weighted by Crippen LogP contribution is 2.46. The van der Waals surface area contributed by atoms with Crippen LogP contribution in [-0.4, -0.2) is 45.2 Å². The molecule has 2 rings (SSSR count). The Morgan fingerprint density at radius 1 is 1.12 bits per heavy atom. The van der Waals surface area contributed by atoms with Crippen LogP contribution in [0, 0.1) is 5.41 Å². The maximum absolute atomic E-state index is 12.5. The van der Waals surface area contributed by atoms with Crippen molar-refractivity contribution in [2.24, 2.45) is 5.41 Å². The SMILES string of the molecule is CCN(CC)c1ccc(NC(=O)C2(C(=O)NCCOC)CC2)cc1. The fourth-order valence-corrected chi connectivity index (χ4v) is 2.71. The smallest absolute Gasteiger partial charge is 0.240 e. The minimum absolute atomic E-state index is 0.211. The summed E-state index contributed by atoms with van der Waals surface area (Å²) in [7, 11) is 1.58. The number of hydrogen-bond acceptors (Lipinski definition) is 4. The lowest BCUT2D eigenvalue weighted by Gasteiger charge is -2.21. The standard InChI is InChI=1S/C18H27N3O3/c1-4-21(5-2)15-8-6-14(7-9-15)20-17(23)18(10-11-18)16(22)19-12-13-24-3/h6-9H,4-5,10-13H2,1-3H3,(H,19,22)(H,20,23). The van der Waals surface area contributed by atoms with Crippen molar-refractivity contribution in [3.05, 3.63) is 24.3 Å². The highest BCUT2D eigenvalue weighted by atomic mass is 16.5. The van der Waals surface area contributed by atoms with Crippen LogP contribution in [0.25, 0.3) is 0 Å². The molecular formula is C18H27N3O3. The maximum atomic E-state index is 12.5. The first-order chi connectivity index (χ1) is 11.6. The van der Waals surface area contributed by atoms with Crippen molar-refractivity contribution >= 4 is 23.2 Å². The van der Waals surface area contributed by atoms with Gasteiger partial charge in [-0.05, 0) is 51.0 Å². The van der Waals surface area contributed by atoms with E-state index in [2.05, 4.69) is 29.4 Å². The van der Waals surface area contributed by atoms with Crippen molar-refractivity contribution in [3.63, 3.8) is 0 Å². The number of nitrogens with zero attached hydrogens (tertiary/aromatic N) is 1. The van der Waals surface area contributed by atoms with Crippen molar-refractivity contribution in [3.8, 4) is 0 Å². The van der Waals surface area contributed by atoms with Crippen molar-refractivity contribution in [2.45, 2.75) is 26.7 Å². The molecule has 0 aromatic heterocycles. The van der Waals surface area contributed by atoms with E-state index in [-0.39, 0.29) is 11.8 Å². The summed E-state index contributed by atoms with van der Waals surface area (Å²) >= 11 is 0. The second-order valence-electron chi connectivity index (χ2n) is 6.00. The van der Waals surface area contributed by atoms with Gasteiger partial charge in [-0.2, -0.15) is 0 Å². The minimum Gasteiger partial charge on any atom is -0.383 e. The van der Waals surface area contributed by atoms with Gasteiger partial charge in [-0.15, -0.1) is 0 Å². The molecule has 0 spiro atoms. The molecule has 1 saturated carbocycles. The fourth-order valence-electron chi connectivity index (χ4n) is 2.71. The van der Waals surface area contributed by atoms with E-state index in [0.717, 1.165) is 18.8 Å². The molecule has 1 aromatic rings. The molecule has 6 nitrogen and oxygen atoms in total. The Bertz CT molecular complexity index is 563. The molecule has 0 heterocycles. The summed E-state index contributed by atoms with van der Waals surface area (Å²) in [6.45, 7) is 6.95. The van der Waals surface area contributed by atoms with E-state index in [4.69, 9.17) is 4.74 Å². The second kappa shape index (κ2) is 8.15. The number of methoxy groups -OCH3 is 1. The van der Waals surface area contributed by atoms with E-state index < -0.39 is 5.41 Å². The molecular weight excluding hydrogens is 306 g/mol. The molecule has 0 aliphatic heterocycles. The number of benzene rings is 1. The summed E-state index contributed by atoms with van der Waals surface area (Å²) in [6.07, 6.45) is 1.18. The van der Waals surface area contributed by atoms with Crippen LogP contribution < -0.4 is 15.5 Å². The Morgan fingerprint density at radius 3 is 2.25 bits per heavy atom. The summed E-state index contributed by atoms with van der Waals surface area (Å²) in [5.41, 5.74) is 0.925. The van der Waals surface area contributed by atoms with E-state index >= 15 is 0 Å². The molecule has 1 aromatic carbocycles. The Balaban J connectivity index is 1.95. The highest BCUT2D eigenvalue weighted by molar-refractivity contribution is 6.13. The quantitative estimate of drug-likeness (QED) is 0.536. The average molecular weight is 333 g/mol. The third-order valence-corrected chi connectivity index (χ3v) is 4.46. The summed E-state index contributed by atoms with van der Waals surface area (Å²) in [5, 5.41) is 5.63. The van der Waals surface area contributed by atoms with Crippen LogP contribution in [-0.2, 0) is 14.3 Å². The third-order valence-electron chi connectivity index (χ3n) is 4.46. The molecule has 2 amide bonds. The molecule has 0 atom stereocenters. The predicted octanol–water partition coefficient (Wildman–Crippen LogP) is 2.01. The van der Waals surface area contributed by atoms with Crippen molar-refractivity contribution in [2.75, 3.05) is 43.6 Å². The molecule has 1 aliphatic rings. The van der Waals surface area contributed by atoms with Crippen LogP contribution in [0.2, 0.25) is 0 Å². The third kappa shape index (κ3) is 4.06. The number of anilines is 2. The molecule has 0 bridgehead atoms. The zero-order valence-electron chi connectivity index (χ0n) is 14.7. The van der Waals surface area contributed by atoms with Crippen LogP contribution in [0.3, 0.4) is 0 Å². The van der Waals surface area contributed by atoms with Crippen LogP contribution in [0.5, 0.6) is 0 Å². The fraction of sp³-hybridized carbons (Fsp3) is 0.556. The lowest BCUT2D eigenvalue weighted by molar-refractivity contribution is -0.134. The van der Waals surface area contributed by atoms with Gasteiger partial charge in [0.25, 0.3) is 0 Å². The average Bonchev–Trinajstić information content (AvgIpc) is 3.39. The minimum atomic E-state index is -0.911. The Hall–Kier alpha value is -2.08. The molecule has 24 heavy (non-hydrogen) atoms. The van der Waals surface area contributed by atoms with Crippen molar-refractivity contribution < 1.29 is 14.3 Å². The van der Waals surface area contributed by atoms with Gasteiger partial charge in [-0.25, -0.2) is 0 Å². The van der Waals surface area contributed by atoms with Crippen LogP contribution in [0.1, 0.15) is 26.7 Å². The number of nitrogens with one attached hydrogen (secondary N) is 2. The van der Waals surface area contributed by atoms with Gasteiger partial charge in [-0.1, -0.05) is 0 Å². The monoisotopic (exact) mass is 333 g/mol. The van der Waals surface area contributed by atoms with Gasteiger partial charge in [-0.3, -0.25) is 9.59 Å². The van der Waals surface area contributed by atoms with Crippen LogP contribution >= 0.6 is 0 Å².